The van der Waals surface area contributed by atoms with Gasteiger partial charge in [-0.25, -0.2) is 4.79 Å². The number of benzene rings is 1. The van der Waals surface area contributed by atoms with E-state index in [0.717, 1.165) is 31.9 Å². The van der Waals surface area contributed by atoms with Crippen LogP contribution in [0.3, 0.4) is 0 Å². The lowest BCUT2D eigenvalue weighted by Crippen LogP contribution is -2.56. The molecule has 2 fully saturated rings. The molecule has 1 N–H and O–H groups in total. The third-order valence-corrected chi connectivity index (χ3v) is 5.93. The van der Waals surface area contributed by atoms with E-state index >= 15 is 0 Å². The number of nitrogens with zero attached hydrogens (tertiary/aromatic N) is 3. The van der Waals surface area contributed by atoms with Crippen LogP contribution in [-0.2, 0) is 19.2 Å². The Kier molecular flexibility index (Phi) is 5.57. The minimum absolute atomic E-state index is 0.0769. The Labute approximate surface area is 181 Å². The van der Waals surface area contributed by atoms with Crippen molar-refractivity contribution in [2.45, 2.75) is 38.0 Å². The summed E-state index contributed by atoms with van der Waals surface area (Å²) in [5, 5.41) is 3.09. The van der Waals surface area contributed by atoms with E-state index in [1.165, 1.54) is 4.90 Å². The van der Waals surface area contributed by atoms with Gasteiger partial charge >= 0.3 is 12.1 Å². The van der Waals surface area contributed by atoms with Crippen molar-refractivity contribution < 1.29 is 37.2 Å². The molecule has 0 radical (unpaired) electrons. The standard InChI is InChI=1S/C20H21F3N4O5/c1-11-14-10-12(25-8-6-24-7-9-25)2-3-13(14)17(29)26(11)15-4-5-16(28)27(18(15)30)32-19(31)20(21,22)23/h2-3,10-11,15,24H,4-9H2,1H3. The molecule has 2 saturated heterocycles. The van der Waals surface area contributed by atoms with E-state index in [0.29, 0.717) is 11.1 Å². The third kappa shape index (κ3) is 3.78. The summed E-state index contributed by atoms with van der Waals surface area (Å²) in [6.07, 6.45) is -5.80. The van der Waals surface area contributed by atoms with Gasteiger partial charge in [-0.3, -0.25) is 14.4 Å². The number of piperazine rings is 1. The van der Waals surface area contributed by atoms with Gasteiger partial charge in [0.15, 0.2) is 0 Å². The van der Waals surface area contributed by atoms with Crippen LogP contribution in [0, 0.1) is 0 Å². The van der Waals surface area contributed by atoms with Crippen LogP contribution in [0.2, 0.25) is 0 Å². The van der Waals surface area contributed by atoms with Gasteiger partial charge in [0, 0.05) is 43.9 Å². The molecule has 0 aliphatic carbocycles. The Bertz CT molecular complexity index is 976. The first kappa shape index (κ1) is 22.1. The Morgan fingerprint density at radius 2 is 1.84 bits per heavy atom. The Hall–Kier alpha value is -3.15. The van der Waals surface area contributed by atoms with Gasteiger partial charge in [0.2, 0.25) is 0 Å². The van der Waals surface area contributed by atoms with Crippen molar-refractivity contribution in [2.75, 3.05) is 31.1 Å². The van der Waals surface area contributed by atoms with Crippen LogP contribution in [0.15, 0.2) is 18.2 Å². The minimum atomic E-state index is -5.37. The maximum Gasteiger partial charge on any atom is 0.493 e. The molecule has 3 aliphatic heterocycles. The topological polar surface area (TPSA) is 99.3 Å². The summed E-state index contributed by atoms with van der Waals surface area (Å²) in [5.74, 6) is -5.38. The quantitative estimate of drug-likeness (QED) is 0.684. The van der Waals surface area contributed by atoms with Crippen LogP contribution in [0.1, 0.15) is 41.7 Å². The summed E-state index contributed by atoms with van der Waals surface area (Å²) in [4.78, 5) is 56.4. The number of anilines is 1. The first-order valence-corrected chi connectivity index (χ1v) is 10.2. The van der Waals surface area contributed by atoms with Crippen LogP contribution in [0.25, 0.3) is 0 Å². The van der Waals surface area contributed by atoms with Gasteiger partial charge in [-0.2, -0.15) is 13.2 Å². The van der Waals surface area contributed by atoms with E-state index in [4.69, 9.17) is 0 Å². The lowest BCUT2D eigenvalue weighted by atomic mass is 10.0. The number of hydroxylamine groups is 2. The van der Waals surface area contributed by atoms with Crippen molar-refractivity contribution in [1.29, 1.82) is 0 Å². The fourth-order valence-electron chi connectivity index (χ4n) is 4.32. The van der Waals surface area contributed by atoms with Crippen molar-refractivity contribution in [3.05, 3.63) is 29.3 Å². The molecule has 3 aliphatic rings. The number of hydrogen-bond donors (Lipinski definition) is 1. The molecule has 9 nitrogen and oxygen atoms in total. The molecule has 2 atom stereocenters. The second-order valence-corrected chi connectivity index (χ2v) is 7.85. The molecule has 2 unspecified atom stereocenters. The first-order valence-electron chi connectivity index (χ1n) is 10.2. The number of alkyl halides is 3. The zero-order valence-electron chi connectivity index (χ0n) is 17.1. The highest BCUT2D eigenvalue weighted by atomic mass is 19.4. The second-order valence-electron chi connectivity index (χ2n) is 7.85. The van der Waals surface area contributed by atoms with Crippen LogP contribution >= 0.6 is 0 Å². The highest BCUT2D eigenvalue weighted by Crippen LogP contribution is 2.39. The number of rotatable bonds is 3. The Morgan fingerprint density at radius 1 is 1.16 bits per heavy atom. The molecule has 172 valence electrons. The molecular weight excluding hydrogens is 433 g/mol. The Morgan fingerprint density at radius 3 is 2.50 bits per heavy atom. The second kappa shape index (κ2) is 8.08. The SMILES string of the molecule is CC1c2cc(N3CCNCC3)ccc2C(=O)N1C1CCC(=O)N(OC(=O)C(F)(F)F)C1=O. The van der Waals surface area contributed by atoms with E-state index in [9.17, 15) is 32.3 Å². The van der Waals surface area contributed by atoms with E-state index in [-0.39, 0.29) is 17.9 Å². The summed E-state index contributed by atoms with van der Waals surface area (Å²) < 4.78 is 37.7. The summed E-state index contributed by atoms with van der Waals surface area (Å²) in [6, 6.07) is 3.59. The third-order valence-electron chi connectivity index (χ3n) is 5.93. The zero-order chi connectivity index (χ0) is 23.2. The van der Waals surface area contributed by atoms with Gasteiger partial charge in [-0.15, -0.1) is 5.06 Å². The van der Waals surface area contributed by atoms with Gasteiger partial charge < -0.3 is 20.0 Å². The minimum Gasteiger partial charge on any atom is -0.369 e. The van der Waals surface area contributed by atoms with Gasteiger partial charge in [0.05, 0.1) is 6.04 Å². The molecule has 1 aromatic rings. The normalized spacial score (nSPS) is 24.1. The van der Waals surface area contributed by atoms with Gasteiger partial charge in [0.25, 0.3) is 17.7 Å². The van der Waals surface area contributed by atoms with Crippen LogP contribution in [-0.4, -0.2) is 72.1 Å². The lowest BCUT2D eigenvalue weighted by Gasteiger charge is -2.36. The fourth-order valence-corrected chi connectivity index (χ4v) is 4.32. The van der Waals surface area contributed by atoms with E-state index in [1.807, 2.05) is 12.1 Å². The summed E-state index contributed by atoms with van der Waals surface area (Å²) in [7, 11) is 0. The maximum absolute atomic E-state index is 13.1. The average molecular weight is 454 g/mol. The van der Waals surface area contributed by atoms with Gasteiger partial charge in [0.1, 0.15) is 6.04 Å². The van der Waals surface area contributed by atoms with Crippen molar-refractivity contribution in [3.63, 3.8) is 0 Å². The summed E-state index contributed by atoms with van der Waals surface area (Å²) >= 11 is 0. The highest BCUT2D eigenvalue weighted by Gasteiger charge is 2.50. The number of halogens is 3. The maximum atomic E-state index is 13.1. The molecule has 4 rings (SSSR count). The average Bonchev–Trinajstić information content (AvgIpc) is 3.01. The number of fused-ring (bicyclic) bond motifs is 1. The molecular formula is C20H21F3N4O5. The smallest absolute Gasteiger partial charge is 0.369 e. The van der Waals surface area contributed by atoms with Crippen LogP contribution in [0.5, 0.6) is 0 Å². The summed E-state index contributed by atoms with van der Waals surface area (Å²) in [5.41, 5.74) is 2.01. The van der Waals surface area contributed by atoms with E-state index in [1.54, 1.807) is 13.0 Å². The first-order chi connectivity index (χ1) is 15.1. The highest BCUT2D eigenvalue weighted by molar-refractivity contribution is 6.06. The molecule has 3 heterocycles. The molecule has 0 spiro atoms. The molecule has 3 amide bonds. The van der Waals surface area contributed by atoms with E-state index in [2.05, 4.69) is 15.1 Å². The number of nitrogens with one attached hydrogen (secondary N) is 1. The monoisotopic (exact) mass is 454 g/mol. The number of carbonyl (C=O) groups is 4. The predicted molar refractivity (Wildman–Crippen MR) is 103 cm³/mol. The predicted octanol–water partition coefficient (Wildman–Crippen LogP) is 1.15. The largest absolute Gasteiger partial charge is 0.493 e. The van der Waals surface area contributed by atoms with Crippen molar-refractivity contribution in [1.82, 2.24) is 15.3 Å². The summed E-state index contributed by atoms with van der Waals surface area (Å²) in [6.45, 7) is 4.96. The number of amides is 3. The van der Waals surface area contributed by atoms with Crippen molar-refractivity contribution >= 4 is 29.4 Å². The molecule has 0 saturated carbocycles. The van der Waals surface area contributed by atoms with Gasteiger partial charge in [-0.1, -0.05) is 0 Å². The molecule has 32 heavy (non-hydrogen) atoms. The van der Waals surface area contributed by atoms with Crippen LogP contribution in [0.4, 0.5) is 18.9 Å². The number of hydrogen-bond acceptors (Lipinski definition) is 7. The van der Waals surface area contributed by atoms with Crippen LogP contribution < -0.4 is 10.2 Å². The van der Waals surface area contributed by atoms with E-state index < -0.39 is 42.0 Å². The number of carbonyl (C=O) groups excluding carboxylic acids is 4. The molecule has 1 aromatic carbocycles. The van der Waals surface area contributed by atoms with Crippen molar-refractivity contribution in [2.24, 2.45) is 0 Å². The van der Waals surface area contributed by atoms with Crippen molar-refractivity contribution in [3.8, 4) is 0 Å². The number of piperidine rings is 1. The zero-order valence-corrected chi connectivity index (χ0v) is 17.1. The Balaban J connectivity index is 1.57. The lowest BCUT2D eigenvalue weighted by molar-refractivity contribution is -0.238. The molecule has 0 bridgehead atoms. The molecule has 12 heteroatoms. The fraction of sp³-hybridized carbons (Fsp3) is 0.500. The molecule has 0 aromatic heterocycles. The van der Waals surface area contributed by atoms with Gasteiger partial charge in [-0.05, 0) is 37.1 Å². The number of imide groups is 1.